The van der Waals surface area contributed by atoms with Gasteiger partial charge in [0.25, 0.3) is 5.56 Å². The van der Waals surface area contributed by atoms with E-state index in [-0.39, 0.29) is 40.5 Å². The molecule has 12 heteroatoms. The topological polar surface area (TPSA) is 111 Å². The molecular weight excluding hydrogens is 527 g/mol. The smallest absolute Gasteiger partial charge is 0.429 e. The number of rotatable bonds is 7. The lowest BCUT2D eigenvalue weighted by Crippen LogP contribution is -2.26. The Hall–Kier alpha value is -5.00. The summed E-state index contributed by atoms with van der Waals surface area (Å²) < 4.78 is 52.8. The Labute approximate surface area is 225 Å². The maximum Gasteiger partial charge on any atom is 0.429 e. The zero-order valence-corrected chi connectivity index (χ0v) is 21.3. The minimum Gasteiger partial charge on any atom is -0.476 e. The quantitative estimate of drug-likeness (QED) is 0.274. The monoisotopic (exact) mass is 549 g/mol. The van der Waals surface area contributed by atoms with Crippen LogP contribution in [0.3, 0.4) is 0 Å². The zero-order valence-electron chi connectivity index (χ0n) is 21.3. The fourth-order valence-electron chi connectivity index (χ4n) is 4.20. The van der Waals surface area contributed by atoms with E-state index in [4.69, 9.17) is 9.47 Å². The number of hydrogen-bond donors (Lipinski definition) is 1. The molecule has 1 atom stereocenters. The van der Waals surface area contributed by atoms with Crippen molar-refractivity contribution in [3.05, 3.63) is 100 Å². The number of benzene rings is 2. The molecule has 9 nitrogen and oxygen atoms in total. The van der Waals surface area contributed by atoms with Gasteiger partial charge in [-0.1, -0.05) is 30.3 Å². The average Bonchev–Trinajstić information content (AvgIpc) is 3.32. The van der Waals surface area contributed by atoms with Crippen LogP contribution in [0.25, 0.3) is 28.3 Å². The van der Waals surface area contributed by atoms with Crippen LogP contribution in [0.1, 0.15) is 34.6 Å². The third-order valence-electron chi connectivity index (χ3n) is 6.02. The number of carbonyl (C=O) groups is 1. The van der Waals surface area contributed by atoms with Crippen LogP contribution in [0, 0.1) is 6.92 Å². The minimum absolute atomic E-state index is 0.000216. The Morgan fingerprint density at radius 2 is 1.75 bits per heavy atom. The third kappa shape index (κ3) is 5.15. The van der Waals surface area contributed by atoms with E-state index in [1.165, 1.54) is 67.0 Å². The van der Waals surface area contributed by atoms with Gasteiger partial charge in [-0.05, 0) is 38.1 Å². The van der Waals surface area contributed by atoms with E-state index < -0.39 is 23.8 Å². The molecule has 0 aliphatic rings. The van der Waals surface area contributed by atoms with Crippen LogP contribution in [0.15, 0.2) is 77.9 Å². The molecule has 0 aliphatic heterocycles. The van der Waals surface area contributed by atoms with Gasteiger partial charge in [-0.15, -0.1) is 0 Å². The first-order chi connectivity index (χ1) is 19.2. The van der Waals surface area contributed by atoms with Crippen molar-refractivity contribution in [2.45, 2.75) is 26.1 Å². The lowest BCUT2D eigenvalue weighted by atomic mass is 10.1. The fourth-order valence-corrected chi connectivity index (χ4v) is 4.20. The normalized spacial score (nSPS) is 12.3. The SMILES string of the molecule is CCOC(=O)c1c(-c2nccnc2C)[nH]n2c(=O)cc(-c3ccc(OC(c4ccccc4)C(F)(F)F)cc3)nc12. The van der Waals surface area contributed by atoms with Gasteiger partial charge in [0, 0.05) is 29.6 Å². The van der Waals surface area contributed by atoms with Gasteiger partial charge in [0.1, 0.15) is 22.7 Å². The maximum atomic E-state index is 13.7. The van der Waals surface area contributed by atoms with E-state index in [0.717, 1.165) is 4.52 Å². The number of aryl methyl sites for hydroxylation is 1. The number of alkyl halides is 3. The van der Waals surface area contributed by atoms with Gasteiger partial charge in [-0.3, -0.25) is 19.9 Å². The molecule has 0 saturated heterocycles. The van der Waals surface area contributed by atoms with Crippen molar-refractivity contribution in [2.75, 3.05) is 6.61 Å². The number of hydrogen-bond acceptors (Lipinski definition) is 7. The van der Waals surface area contributed by atoms with Crippen LogP contribution in [0.4, 0.5) is 13.2 Å². The molecule has 204 valence electrons. The number of aromatic amines is 1. The second kappa shape index (κ2) is 10.6. The number of nitrogens with zero attached hydrogens (tertiary/aromatic N) is 4. The average molecular weight is 550 g/mol. The summed E-state index contributed by atoms with van der Waals surface area (Å²) in [6.45, 7) is 3.44. The molecule has 3 aromatic heterocycles. The molecule has 0 amide bonds. The number of ether oxygens (including phenoxy) is 2. The number of H-pyrrole nitrogens is 1. The molecule has 0 aliphatic carbocycles. The minimum atomic E-state index is -4.64. The van der Waals surface area contributed by atoms with Crippen LogP contribution < -0.4 is 10.3 Å². The summed E-state index contributed by atoms with van der Waals surface area (Å²) in [6, 6.07) is 14.2. The van der Waals surface area contributed by atoms with Crippen LogP contribution in [-0.4, -0.2) is 43.3 Å². The fraction of sp³-hybridized carbons (Fsp3) is 0.179. The van der Waals surface area contributed by atoms with Gasteiger partial charge in [0.15, 0.2) is 5.65 Å². The first-order valence-corrected chi connectivity index (χ1v) is 12.2. The lowest BCUT2D eigenvalue weighted by molar-refractivity contribution is -0.198. The summed E-state index contributed by atoms with van der Waals surface area (Å²) in [6.07, 6.45) is -3.85. The lowest BCUT2D eigenvalue weighted by Gasteiger charge is -2.22. The van der Waals surface area contributed by atoms with Crippen molar-refractivity contribution in [3.8, 4) is 28.4 Å². The highest BCUT2D eigenvalue weighted by molar-refractivity contribution is 6.02. The Balaban J connectivity index is 1.55. The molecule has 40 heavy (non-hydrogen) atoms. The van der Waals surface area contributed by atoms with Crippen LogP contribution in [0.5, 0.6) is 5.75 Å². The summed E-state index contributed by atoms with van der Waals surface area (Å²) in [5.41, 5.74) is 1.12. The Morgan fingerprint density at radius 3 is 2.40 bits per heavy atom. The first kappa shape index (κ1) is 26.6. The predicted molar refractivity (Wildman–Crippen MR) is 139 cm³/mol. The Bertz CT molecular complexity index is 1730. The number of esters is 1. The van der Waals surface area contributed by atoms with Gasteiger partial charge in [0.05, 0.1) is 18.0 Å². The van der Waals surface area contributed by atoms with E-state index in [1.807, 2.05) is 0 Å². The second-order valence-electron chi connectivity index (χ2n) is 8.69. The number of nitrogens with one attached hydrogen (secondary N) is 1. The molecule has 0 spiro atoms. The first-order valence-electron chi connectivity index (χ1n) is 12.2. The van der Waals surface area contributed by atoms with E-state index in [0.29, 0.717) is 17.0 Å². The maximum absolute atomic E-state index is 13.7. The number of aromatic nitrogens is 5. The van der Waals surface area contributed by atoms with Crippen molar-refractivity contribution in [1.29, 1.82) is 0 Å². The van der Waals surface area contributed by atoms with Gasteiger partial charge in [-0.2, -0.15) is 13.2 Å². The van der Waals surface area contributed by atoms with E-state index >= 15 is 0 Å². The molecule has 3 heterocycles. The molecule has 5 rings (SSSR count). The Morgan fingerprint density at radius 1 is 1.05 bits per heavy atom. The zero-order chi connectivity index (χ0) is 28.4. The molecule has 1 unspecified atom stereocenters. The molecule has 0 fully saturated rings. The summed E-state index contributed by atoms with van der Waals surface area (Å²) in [5.74, 6) is -0.741. The third-order valence-corrected chi connectivity index (χ3v) is 6.02. The molecule has 5 aromatic rings. The highest BCUT2D eigenvalue weighted by Crippen LogP contribution is 2.37. The molecular formula is C28H22F3N5O4. The van der Waals surface area contributed by atoms with Gasteiger partial charge in [-0.25, -0.2) is 14.3 Å². The van der Waals surface area contributed by atoms with Crippen molar-refractivity contribution in [1.82, 2.24) is 24.6 Å². The highest BCUT2D eigenvalue weighted by Gasteiger charge is 2.43. The standard InChI is InChI=1S/C28H22F3N5O4/c1-3-39-27(38)22-24(23-16(2)32-13-14-33-23)35-36-21(37)15-20(34-26(22)36)17-9-11-19(12-10-17)40-25(28(29,30)31)18-7-5-4-6-8-18/h4-15,25,35H,3H2,1-2H3. The number of carbonyl (C=O) groups excluding carboxylic acids is 1. The van der Waals surface area contributed by atoms with Gasteiger partial charge < -0.3 is 9.47 Å². The van der Waals surface area contributed by atoms with Gasteiger partial charge >= 0.3 is 12.1 Å². The highest BCUT2D eigenvalue weighted by atomic mass is 19.4. The second-order valence-corrected chi connectivity index (χ2v) is 8.69. The van der Waals surface area contributed by atoms with Crippen LogP contribution in [0.2, 0.25) is 0 Å². The summed E-state index contributed by atoms with van der Waals surface area (Å²) in [4.78, 5) is 39.1. The molecule has 2 aromatic carbocycles. The van der Waals surface area contributed by atoms with Crippen LogP contribution in [-0.2, 0) is 4.74 Å². The molecule has 0 bridgehead atoms. The molecule has 0 saturated carbocycles. The summed E-state index contributed by atoms with van der Waals surface area (Å²) in [5, 5.41) is 2.88. The van der Waals surface area contributed by atoms with E-state index in [9.17, 15) is 22.8 Å². The predicted octanol–water partition coefficient (Wildman–Crippen LogP) is 5.31. The van der Waals surface area contributed by atoms with E-state index in [1.54, 1.807) is 19.9 Å². The van der Waals surface area contributed by atoms with Crippen molar-refractivity contribution in [3.63, 3.8) is 0 Å². The summed E-state index contributed by atoms with van der Waals surface area (Å²) in [7, 11) is 0. The summed E-state index contributed by atoms with van der Waals surface area (Å²) >= 11 is 0. The van der Waals surface area contributed by atoms with E-state index in [2.05, 4.69) is 20.1 Å². The molecule has 1 N–H and O–H groups in total. The number of halogens is 3. The Kier molecular flexibility index (Phi) is 7.07. The number of fused-ring (bicyclic) bond motifs is 1. The van der Waals surface area contributed by atoms with Gasteiger partial charge in [0.2, 0.25) is 6.10 Å². The molecule has 0 radical (unpaired) electrons. The van der Waals surface area contributed by atoms with Crippen molar-refractivity contribution in [2.24, 2.45) is 0 Å². The van der Waals surface area contributed by atoms with Crippen molar-refractivity contribution >= 4 is 11.6 Å². The van der Waals surface area contributed by atoms with Crippen molar-refractivity contribution < 1.29 is 27.4 Å². The van der Waals surface area contributed by atoms with Crippen LogP contribution >= 0.6 is 0 Å². The largest absolute Gasteiger partial charge is 0.476 e.